The molecule has 2 aromatic carbocycles. The van der Waals surface area contributed by atoms with Gasteiger partial charge in [0.15, 0.2) is 0 Å². The number of ether oxygens (including phenoxy) is 1. The van der Waals surface area contributed by atoms with Crippen LogP contribution in [0.15, 0.2) is 42.5 Å². The summed E-state index contributed by atoms with van der Waals surface area (Å²) in [5.41, 5.74) is 2.47. The van der Waals surface area contributed by atoms with E-state index in [-0.39, 0.29) is 17.4 Å². The Labute approximate surface area is 127 Å². The molecule has 2 aromatic rings. The molecule has 0 spiro atoms. The topological polar surface area (TPSA) is 38.3 Å². The van der Waals surface area contributed by atoms with Crippen molar-refractivity contribution < 1.29 is 13.9 Å². The Balaban J connectivity index is 2.09. The molecule has 21 heavy (non-hydrogen) atoms. The first kappa shape index (κ1) is 15.3. The van der Waals surface area contributed by atoms with E-state index in [4.69, 9.17) is 11.6 Å². The third-order valence-electron chi connectivity index (χ3n) is 3.08. The zero-order chi connectivity index (χ0) is 15.2. The predicted octanol–water partition coefficient (Wildman–Crippen LogP) is 3.81. The highest BCUT2D eigenvalue weighted by Gasteiger charge is 2.08. The highest BCUT2D eigenvalue weighted by Crippen LogP contribution is 2.20. The largest absolute Gasteiger partial charge is 0.469 e. The Morgan fingerprint density at radius 2 is 1.95 bits per heavy atom. The van der Waals surface area contributed by atoms with Gasteiger partial charge in [-0.3, -0.25) is 4.79 Å². The van der Waals surface area contributed by atoms with Crippen LogP contribution in [0.3, 0.4) is 0 Å². The number of carbonyl (C=O) groups is 1. The van der Waals surface area contributed by atoms with Crippen molar-refractivity contribution in [3.8, 4) is 0 Å². The second-order valence-electron chi connectivity index (χ2n) is 4.50. The predicted molar refractivity (Wildman–Crippen MR) is 80.9 cm³/mol. The van der Waals surface area contributed by atoms with Crippen molar-refractivity contribution in [3.63, 3.8) is 0 Å². The molecule has 0 aliphatic carbocycles. The van der Waals surface area contributed by atoms with Gasteiger partial charge in [-0.05, 0) is 29.3 Å². The molecule has 5 heteroatoms. The van der Waals surface area contributed by atoms with Gasteiger partial charge in [0.1, 0.15) is 5.82 Å². The summed E-state index contributed by atoms with van der Waals surface area (Å²) >= 11 is 5.64. The molecule has 110 valence electrons. The van der Waals surface area contributed by atoms with Crippen LogP contribution in [0.1, 0.15) is 11.1 Å². The Kier molecular flexibility index (Phi) is 5.17. The van der Waals surface area contributed by atoms with E-state index >= 15 is 0 Å². The number of halogens is 2. The van der Waals surface area contributed by atoms with E-state index in [0.717, 1.165) is 11.1 Å². The van der Waals surface area contributed by atoms with Crippen LogP contribution < -0.4 is 5.32 Å². The van der Waals surface area contributed by atoms with Crippen LogP contribution in [0.2, 0.25) is 5.02 Å². The minimum absolute atomic E-state index is 0.0895. The smallest absolute Gasteiger partial charge is 0.309 e. The van der Waals surface area contributed by atoms with E-state index in [9.17, 15) is 9.18 Å². The molecule has 0 saturated heterocycles. The summed E-state index contributed by atoms with van der Waals surface area (Å²) in [6.45, 7) is 0.480. The molecular formula is C16H15ClFNO2. The molecule has 0 aliphatic heterocycles. The fourth-order valence-corrected chi connectivity index (χ4v) is 2.05. The van der Waals surface area contributed by atoms with Crippen molar-refractivity contribution in [2.24, 2.45) is 0 Å². The Morgan fingerprint density at radius 1 is 1.24 bits per heavy atom. The Hall–Kier alpha value is -2.07. The number of anilines is 1. The van der Waals surface area contributed by atoms with E-state index in [1.54, 1.807) is 6.07 Å². The molecule has 0 amide bonds. The van der Waals surface area contributed by atoms with Gasteiger partial charge in [0.25, 0.3) is 0 Å². The second kappa shape index (κ2) is 7.09. The van der Waals surface area contributed by atoms with Crippen molar-refractivity contribution >= 4 is 23.3 Å². The van der Waals surface area contributed by atoms with E-state index in [1.165, 1.54) is 19.2 Å². The van der Waals surface area contributed by atoms with Crippen molar-refractivity contribution in [2.45, 2.75) is 13.0 Å². The first-order valence-corrected chi connectivity index (χ1v) is 6.80. The standard InChI is InChI=1S/C16H15ClFNO2/c1-21-16(20)8-11-4-2-3-5-12(11)10-19-13-6-7-14(17)15(18)9-13/h2-7,9,19H,8,10H2,1H3. The summed E-state index contributed by atoms with van der Waals surface area (Å²) in [4.78, 5) is 11.4. The summed E-state index contributed by atoms with van der Waals surface area (Å²) < 4.78 is 18.0. The fourth-order valence-electron chi connectivity index (χ4n) is 1.93. The minimum atomic E-state index is -0.468. The molecule has 0 fully saturated rings. The minimum Gasteiger partial charge on any atom is -0.469 e. The quantitative estimate of drug-likeness (QED) is 0.854. The van der Waals surface area contributed by atoms with Gasteiger partial charge in [-0.25, -0.2) is 4.39 Å². The van der Waals surface area contributed by atoms with Gasteiger partial charge in [-0.1, -0.05) is 35.9 Å². The monoisotopic (exact) mass is 307 g/mol. The SMILES string of the molecule is COC(=O)Cc1ccccc1CNc1ccc(Cl)c(F)c1. The summed E-state index contributed by atoms with van der Waals surface area (Å²) in [6, 6.07) is 12.1. The highest BCUT2D eigenvalue weighted by molar-refractivity contribution is 6.30. The van der Waals surface area contributed by atoms with Crippen LogP contribution in [0.25, 0.3) is 0 Å². The molecule has 0 aliphatic rings. The van der Waals surface area contributed by atoms with E-state index in [2.05, 4.69) is 10.1 Å². The number of rotatable bonds is 5. The number of carbonyl (C=O) groups excluding carboxylic acids is 1. The maximum Gasteiger partial charge on any atom is 0.309 e. The molecule has 0 atom stereocenters. The number of hydrogen-bond acceptors (Lipinski definition) is 3. The maximum absolute atomic E-state index is 13.4. The maximum atomic E-state index is 13.4. The van der Waals surface area contributed by atoms with Crippen LogP contribution in [0, 0.1) is 5.82 Å². The van der Waals surface area contributed by atoms with Crippen LogP contribution in [0.5, 0.6) is 0 Å². The number of benzene rings is 2. The average molecular weight is 308 g/mol. The van der Waals surface area contributed by atoms with Crippen LogP contribution in [-0.4, -0.2) is 13.1 Å². The van der Waals surface area contributed by atoms with Gasteiger partial charge in [-0.2, -0.15) is 0 Å². The van der Waals surface area contributed by atoms with Crippen molar-refractivity contribution in [3.05, 3.63) is 64.4 Å². The molecule has 0 saturated carbocycles. The molecule has 1 N–H and O–H groups in total. The highest BCUT2D eigenvalue weighted by atomic mass is 35.5. The lowest BCUT2D eigenvalue weighted by molar-refractivity contribution is -0.139. The lowest BCUT2D eigenvalue weighted by atomic mass is 10.0. The van der Waals surface area contributed by atoms with E-state index < -0.39 is 5.82 Å². The lowest BCUT2D eigenvalue weighted by Gasteiger charge is -2.11. The number of nitrogens with one attached hydrogen (secondary N) is 1. The fraction of sp³-hybridized carbons (Fsp3) is 0.188. The first-order chi connectivity index (χ1) is 10.1. The van der Waals surface area contributed by atoms with Gasteiger partial charge < -0.3 is 10.1 Å². The molecule has 0 bridgehead atoms. The number of methoxy groups -OCH3 is 1. The van der Waals surface area contributed by atoms with E-state index in [0.29, 0.717) is 12.2 Å². The summed E-state index contributed by atoms with van der Waals surface area (Å²) in [5, 5.41) is 3.20. The zero-order valence-electron chi connectivity index (χ0n) is 11.5. The third kappa shape index (κ3) is 4.20. The van der Waals surface area contributed by atoms with Gasteiger partial charge >= 0.3 is 5.97 Å². The molecule has 0 radical (unpaired) electrons. The summed E-state index contributed by atoms with van der Waals surface area (Å²) in [7, 11) is 1.36. The molecular weight excluding hydrogens is 293 g/mol. The van der Waals surface area contributed by atoms with Crippen LogP contribution in [-0.2, 0) is 22.5 Å². The normalized spacial score (nSPS) is 10.2. The first-order valence-electron chi connectivity index (χ1n) is 6.42. The lowest BCUT2D eigenvalue weighted by Crippen LogP contribution is -2.09. The molecule has 0 unspecified atom stereocenters. The van der Waals surface area contributed by atoms with Crippen LogP contribution >= 0.6 is 11.6 Å². The summed E-state index contributed by atoms with van der Waals surface area (Å²) in [5.74, 6) is -0.760. The number of hydrogen-bond donors (Lipinski definition) is 1. The van der Waals surface area contributed by atoms with Gasteiger partial charge in [0, 0.05) is 12.2 Å². The van der Waals surface area contributed by atoms with Gasteiger partial charge in [0.05, 0.1) is 18.6 Å². The second-order valence-corrected chi connectivity index (χ2v) is 4.91. The van der Waals surface area contributed by atoms with Gasteiger partial charge in [-0.15, -0.1) is 0 Å². The molecule has 0 heterocycles. The third-order valence-corrected chi connectivity index (χ3v) is 3.39. The van der Waals surface area contributed by atoms with Crippen LogP contribution in [0.4, 0.5) is 10.1 Å². The molecule has 2 rings (SSSR count). The van der Waals surface area contributed by atoms with Gasteiger partial charge in [0.2, 0.25) is 0 Å². The van der Waals surface area contributed by atoms with Crippen molar-refractivity contribution in [1.82, 2.24) is 0 Å². The Morgan fingerprint density at radius 3 is 2.62 bits per heavy atom. The molecule has 0 aromatic heterocycles. The summed E-state index contributed by atoms with van der Waals surface area (Å²) in [6.07, 6.45) is 0.212. The van der Waals surface area contributed by atoms with E-state index in [1.807, 2.05) is 24.3 Å². The molecule has 3 nitrogen and oxygen atoms in total. The average Bonchev–Trinajstić information content (AvgIpc) is 2.49. The zero-order valence-corrected chi connectivity index (χ0v) is 12.3. The van der Waals surface area contributed by atoms with Crippen molar-refractivity contribution in [1.29, 1.82) is 0 Å². The van der Waals surface area contributed by atoms with Crippen molar-refractivity contribution in [2.75, 3.05) is 12.4 Å². The Bertz CT molecular complexity index is 646. The number of esters is 1.